The van der Waals surface area contributed by atoms with Gasteiger partial charge in [0.15, 0.2) is 5.82 Å². The van der Waals surface area contributed by atoms with Crippen molar-refractivity contribution < 1.29 is 13.6 Å². The molecule has 37 heavy (non-hydrogen) atoms. The third-order valence-electron chi connectivity index (χ3n) is 5.38. The summed E-state index contributed by atoms with van der Waals surface area (Å²) in [5.41, 5.74) is 5.63. The van der Waals surface area contributed by atoms with Gasteiger partial charge in [-0.3, -0.25) is 9.78 Å². The number of anilines is 2. The molecule has 0 radical (unpaired) electrons. The molecule has 0 aliphatic carbocycles. The van der Waals surface area contributed by atoms with Gasteiger partial charge in [0, 0.05) is 41.3 Å². The molecule has 0 spiro atoms. The summed E-state index contributed by atoms with van der Waals surface area (Å²) in [6.07, 6.45) is 6.86. The number of rotatable bonds is 9. The molecule has 1 amide bonds. The van der Waals surface area contributed by atoms with Crippen LogP contribution in [0, 0.1) is 5.41 Å². The zero-order valence-corrected chi connectivity index (χ0v) is 20.9. The SMILES string of the molecule is CC(F)(F)/C(Nc1cnc(CCN)c2ccccc12)=C(/C=N)C(=O)Nc1cnc(-n2nccn2)c(P)c1. The third-order valence-corrected chi connectivity index (χ3v) is 5.80. The minimum Gasteiger partial charge on any atom is -0.352 e. The number of nitrogens with two attached hydrogens (primary N) is 1. The van der Waals surface area contributed by atoms with Crippen molar-refractivity contribution in [1.29, 1.82) is 5.41 Å². The summed E-state index contributed by atoms with van der Waals surface area (Å²) in [6, 6.07) is 8.74. The topological polar surface area (TPSA) is 147 Å². The maximum absolute atomic E-state index is 14.8. The van der Waals surface area contributed by atoms with Crippen LogP contribution in [0.4, 0.5) is 20.2 Å². The first-order valence-electron chi connectivity index (χ1n) is 11.1. The summed E-state index contributed by atoms with van der Waals surface area (Å²) >= 11 is 0. The van der Waals surface area contributed by atoms with Crippen LogP contribution in [0.5, 0.6) is 0 Å². The minimum absolute atomic E-state index is 0.238. The van der Waals surface area contributed by atoms with E-state index in [1.165, 1.54) is 29.6 Å². The molecule has 0 bridgehead atoms. The molecule has 4 rings (SSSR count). The Labute approximate surface area is 213 Å². The van der Waals surface area contributed by atoms with E-state index in [1.54, 1.807) is 18.2 Å². The molecule has 13 heteroatoms. The van der Waals surface area contributed by atoms with Crippen molar-refractivity contribution in [3.8, 4) is 5.82 Å². The second-order valence-electron chi connectivity index (χ2n) is 8.06. The van der Waals surface area contributed by atoms with Gasteiger partial charge in [-0.1, -0.05) is 24.3 Å². The van der Waals surface area contributed by atoms with Gasteiger partial charge in [-0.05, 0) is 12.6 Å². The lowest BCUT2D eigenvalue weighted by atomic mass is 10.0. The average molecular weight is 523 g/mol. The Bertz CT molecular complexity index is 1480. The molecule has 4 aromatic rings. The number of hydrogen-bond donors (Lipinski definition) is 4. The first-order valence-corrected chi connectivity index (χ1v) is 11.7. The van der Waals surface area contributed by atoms with Gasteiger partial charge >= 0.3 is 0 Å². The molecular formula is C24H24F2N9OP. The van der Waals surface area contributed by atoms with E-state index in [2.05, 4.69) is 40.0 Å². The van der Waals surface area contributed by atoms with Crippen LogP contribution < -0.4 is 21.7 Å². The van der Waals surface area contributed by atoms with E-state index in [-0.39, 0.29) is 11.4 Å². The van der Waals surface area contributed by atoms with Crippen LogP contribution in [0.25, 0.3) is 16.6 Å². The van der Waals surface area contributed by atoms with Gasteiger partial charge in [0.05, 0.1) is 47.4 Å². The summed E-state index contributed by atoms with van der Waals surface area (Å²) in [5, 5.41) is 22.9. The van der Waals surface area contributed by atoms with Crippen molar-refractivity contribution in [2.24, 2.45) is 5.73 Å². The highest BCUT2D eigenvalue weighted by Crippen LogP contribution is 2.32. The summed E-state index contributed by atoms with van der Waals surface area (Å²) in [5.74, 6) is -3.98. The van der Waals surface area contributed by atoms with Gasteiger partial charge < -0.3 is 21.8 Å². The smallest absolute Gasteiger partial charge is 0.285 e. The molecule has 190 valence electrons. The van der Waals surface area contributed by atoms with Crippen LogP contribution in [0.2, 0.25) is 0 Å². The molecule has 1 atom stereocenters. The Morgan fingerprint density at radius 2 is 1.86 bits per heavy atom. The van der Waals surface area contributed by atoms with Crippen LogP contribution >= 0.6 is 9.24 Å². The van der Waals surface area contributed by atoms with Gasteiger partial charge in [0.1, 0.15) is 0 Å². The number of carbonyl (C=O) groups excluding carboxylic acids is 1. The normalized spacial score (nSPS) is 12.2. The number of nitrogens with one attached hydrogen (secondary N) is 3. The molecule has 10 nitrogen and oxygen atoms in total. The molecule has 3 heterocycles. The quantitative estimate of drug-likeness (QED) is 0.150. The third kappa shape index (κ3) is 5.65. The van der Waals surface area contributed by atoms with E-state index in [0.717, 1.165) is 11.1 Å². The Morgan fingerprint density at radius 3 is 2.49 bits per heavy atom. The number of fused-ring (bicyclic) bond motifs is 1. The van der Waals surface area contributed by atoms with E-state index in [0.29, 0.717) is 42.6 Å². The highest BCUT2D eigenvalue weighted by atomic mass is 31.0. The van der Waals surface area contributed by atoms with Crippen molar-refractivity contribution >= 4 is 48.8 Å². The Kier molecular flexibility index (Phi) is 7.61. The number of alkyl halides is 2. The zero-order chi connectivity index (χ0) is 26.6. The monoisotopic (exact) mass is 523 g/mol. The predicted octanol–water partition coefficient (Wildman–Crippen LogP) is 2.82. The number of aromatic nitrogens is 5. The summed E-state index contributed by atoms with van der Waals surface area (Å²) in [6.45, 7) is 1.03. The highest BCUT2D eigenvalue weighted by Gasteiger charge is 2.33. The van der Waals surface area contributed by atoms with Gasteiger partial charge in [-0.2, -0.15) is 19.0 Å². The van der Waals surface area contributed by atoms with Crippen LogP contribution in [-0.4, -0.2) is 49.6 Å². The number of nitrogens with zero attached hydrogens (tertiary/aromatic N) is 5. The summed E-state index contributed by atoms with van der Waals surface area (Å²) < 4.78 is 29.6. The molecule has 1 unspecified atom stereocenters. The van der Waals surface area contributed by atoms with E-state index in [9.17, 15) is 13.6 Å². The standard InChI is InChI=1S/C24H24F2N9OP/c1-24(25,26)21(34-19-13-29-18(6-7-27)15-4-2-3-5-16(15)19)17(11-28)23(36)33-14-10-20(37)22(30-12-14)35-31-8-9-32-35/h2-5,8-13,28,34H,6-7,27,37H2,1H3,(H,33,36)/b21-17+,28-11?. The molecular weight excluding hydrogens is 499 g/mol. The minimum atomic E-state index is -3.49. The fourth-order valence-corrected chi connectivity index (χ4v) is 4.09. The van der Waals surface area contributed by atoms with Crippen molar-refractivity contribution in [1.82, 2.24) is 25.0 Å². The summed E-state index contributed by atoms with van der Waals surface area (Å²) in [4.78, 5) is 23.0. The summed E-state index contributed by atoms with van der Waals surface area (Å²) in [7, 11) is 2.45. The van der Waals surface area contributed by atoms with Gasteiger partial charge in [-0.25, -0.2) is 4.98 Å². The number of hydrogen-bond acceptors (Lipinski definition) is 8. The Hall–Kier alpha value is -4.15. The molecule has 5 N–H and O–H groups in total. The second kappa shape index (κ2) is 10.9. The lowest BCUT2D eigenvalue weighted by molar-refractivity contribution is -0.112. The van der Waals surface area contributed by atoms with E-state index >= 15 is 0 Å². The van der Waals surface area contributed by atoms with Crippen molar-refractivity contribution in [2.75, 3.05) is 17.2 Å². The van der Waals surface area contributed by atoms with E-state index in [4.69, 9.17) is 11.1 Å². The maximum atomic E-state index is 14.8. The number of pyridine rings is 2. The maximum Gasteiger partial charge on any atom is 0.285 e. The Balaban J connectivity index is 1.69. The van der Waals surface area contributed by atoms with Crippen LogP contribution in [0.15, 0.2) is 66.4 Å². The molecule has 0 fully saturated rings. The van der Waals surface area contributed by atoms with Crippen molar-refractivity contribution in [2.45, 2.75) is 19.3 Å². The fraction of sp³-hybridized carbons (Fsp3) is 0.167. The molecule has 3 aromatic heterocycles. The number of carbonyl (C=O) groups is 1. The molecule has 0 aliphatic heterocycles. The number of halogens is 2. The molecule has 0 saturated heterocycles. The van der Waals surface area contributed by atoms with Gasteiger partial charge in [-0.15, -0.1) is 14.0 Å². The lowest BCUT2D eigenvalue weighted by Gasteiger charge is -2.21. The van der Waals surface area contributed by atoms with Crippen LogP contribution in [-0.2, 0) is 11.2 Å². The predicted molar refractivity (Wildman–Crippen MR) is 142 cm³/mol. The zero-order valence-electron chi connectivity index (χ0n) is 19.7. The van der Waals surface area contributed by atoms with Crippen LogP contribution in [0.1, 0.15) is 12.6 Å². The second-order valence-corrected chi connectivity index (χ2v) is 8.68. The largest absolute Gasteiger partial charge is 0.352 e. The van der Waals surface area contributed by atoms with Gasteiger partial charge in [0.2, 0.25) is 0 Å². The fourth-order valence-electron chi connectivity index (χ4n) is 3.72. The number of allylic oxidation sites excluding steroid dienone is 1. The number of benzene rings is 1. The van der Waals surface area contributed by atoms with Crippen LogP contribution in [0.3, 0.4) is 0 Å². The highest BCUT2D eigenvalue weighted by molar-refractivity contribution is 7.27. The first kappa shape index (κ1) is 25.9. The van der Waals surface area contributed by atoms with Crippen molar-refractivity contribution in [3.05, 3.63) is 72.1 Å². The molecule has 0 saturated carbocycles. The number of amides is 1. The van der Waals surface area contributed by atoms with Crippen molar-refractivity contribution in [3.63, 3.8) is 0 Å². The molecule has 1 aromatic carbocycles. The van der Waals surface area contributed by atoms with Gasteiger partial charge in [0.25, 0.3) is 11.8 Å². The Morgan fingerprint density at radius 1 is 1.16 bits per heavy atom. The van der Waals surface area contributed by atoms with E-state index < -0.39 is 23.1 Å². The average Bonchev–Trinajstić information content (AvgIpc) is 3.39. The first-order chi connectivity index (χ1) is 17.7. The molecule has 0 aliphatic rings. The van der Waals surface area contributed by atoms with E-state index in [1.807, 2.05) is 12.1 Å². The lowest BCUT2D eigenvalue weighted by Crippen LogP contribution is -2.28.